The van der Waals surface area contributed by atoms with Crippen molar-refractivity contribution < 1.29 is 14.6 Å². The van der Waals surface area contributed by atoms with E-state index in [9.17, 15) is 4.79 Å². The van der Waals surface area contributed by atoms with Gasteiger partial charge in [-0.25, -0.2) is 0 Å². The molecule has 1 aliphatic heterocycles. The van der Waals surface area contributed by atoms with Crippen LogP contribution in [0.15, 0.2) is 12.1 Å². The number of nitrogen functional groups attached to an aromatic ring is 1. The van der Waals surface area contributed by atoms with Crippen LogP contribution in [0.5, 0.6) is 5.75 Å². The van der Waals surface area contributed by atoms with Gasteiger partial charge in [-0.15, -0.1) is 0 Å². The number of hydrogen-bond donors (Lipinski definition) is 3. The van der Waals surface area contributed by atoms with Gasteiger partial charge in [0.05, 0.1) is 17.1 Å². The second kappa shape index (κ2) is 5.79. The molecular formula is C13H19N3O3. The van der Waals surface area contributed by atoms with Crippen LogP contribution in [0.1, 0.15) is 13.3 Å². The van der Waals surface area contributed by atoms with Crippen molar-refractivity contribution in [2.75, 3.05) is 42.3 Å². The van der Waals surface area contributed by atoms with E-state index in [1.165, 1.54) is 0 Å². The molecule has 2 rings (SSSR count). The van der Waals surface area contributed by atoms with Crippen molar-refractivity contribution in [1.29, 1.82) is 0 Å². The number of nitrogens with one attached hydrogen (secondary N) is 1. The largest absolute Gasteiger partial charge is 0.482 e. The average molecular weight is 265 g/mol. The number of carbonyl (C=O) groups excluding carboxylic acids is 1. The average Bonchev–Trinajstić information content (AvgIpc) is 2.40. The number of hydrogen-bond acceptors (Lipinski definition) is 5. The number of carbonyl (C=O) groups is 1. The van der Waals surface area contributed by atoms with E-state index in [0.717, 1.165) is 12.2 Å². The second-order valence-electron chi connectivity index (χ2n) is 4.40. The molecule has 0 aliphatic carbocycles. The van der Waals surface area contributed by atoms with Gasteiger partial charge in [-0.05, 0) is 19.4 Å². The van der Waals surface area contributed by atoms with Crippen LogP contribution in [0.4, 0.5) is 17.1 Å². The van der Waals surface area contributed by atoms with Gasteiger partial charge < -0.3 is 25.8 Å². The summed E-state index contributed by atoms with van der Waals surface area (Å²) >= 11 is 0. The molecule has 0 spiro atoms. The zero-order chi connectivity index (χ0) is 13.8. The van der Waals surface area contributed by atoms with Crippen LogP contribution in [0.2, 0.25) is 0 Å². The summed E-state index contributed by atoms with van der Waals surface area (Å²) in [5.41, 5.74) is 8.13. The Labute approximate surface area is 112 Å². The van der Waals surface area contributed by atoms with Gasteiger partial charge in [0.25, 0.3) is 5.91 Å². The van der Waals surface area contributed by atoms with Gasteiger partial charge >= 0.3 is 0 Å². The van der Waals surface area contributed by atoms with Crippen LogP contribution in [-0.2, 0) is 4.79 Å². The number of ether oxygens (including phenoxy) is 1. The number of benzene rings is 1. The highest BCUT2D eigenvalue weighted by atomic mass is 16.5. The number of anilines is 3. The molecule has 104 valence electrons. The summed E-state index contributed by atoms with van der Waals surface area (Å²) in [5, 5.41) is 11.7. The summed E-state index contributed by atoms with van der Waals surface area (Å²) in [6, 6.07) is 3.55. The molecule has 1 aromatic rings. The molecule has 0 radical (unpaired) electrons. The minimum Gasteiger partial charge on any atom is -0.482 e. The molecule has 0 bridgehead atoms. The third kappa shape index (κ3) is 2.90. The van der Waals surface area contributed by atoms with Gasteiger partial charge in [0.15, 0.2) is 6.61 Å². The Morgan fingerprint density at radius 3 is 3.00 bits per heavy atom. The highest BCUT2D eigenvalue weighted by Gasteiger charge is 2.19. The zero-order valence-corrected chi connectivity index (χ0v) is 11.0. The van der Waals surface area contributed by atoms with Crippen molar-refractivity contribution in [3.63, 3.8) is 0 Å². The van der Waals surface area contributed by atoms with Crippen molar-refractivity contribution in [3.05, 3.63) is 12.1 Å². The number of amides is 1. The zero-order valence-electron chi connectivity index (χ0n) is 11.0. The third-order valence-electron chi connectivity index (χ3n) is 3.07. The first-order valence-electron chi connectivity index (χ1n) is 6.37. The summed E-state index contributed by atoms with van der Waals surface area (Å²) in [4.78, 5) is 13.4. The fourth-order valence-corrected chi connectivity index (χ4v) is 2.12. The lowest BCUT2D eigenvalue weighted by atomic mass is 10.1. The van der Waals surface area contributed by atoms with Gasteiger partial charge in [-0.3, -0.25) is 4.79 Å². The molecule has 0 saturated heterocycles. The van der Waals surface area contributed by atoms with Gasteiger partial charge in [0, 0.05) is 25.8 Å². The Morgan fingerprint density at radius 1 is 1.53 bits per heavy atom. The molecular weight excluding hydrogens is 246 g/mol. The number of nitrogens with zero attached hydrogens (tertiary/aromatic N) is 1. The van der Waals surface area contributed by atoms with Crippen molar-refractivity contribution in [1.82, 2.24) is 0 Å². The Kier molecular flexibility index (Phi) is 4.11. The second-order valence-corrected chi connectivity index (χ2v) is 4.40. The number of nitrogens with two attached hydrogens (primary N) is 1. The molecule has 0 fully saturated rings. The Bertz CT molecular complexity index is 476. The standard InChI is InChI=1S/C13H19N3O3/c1-2-16(4-3-5-17)11-7-10-12(6-9(11)14)19-8-13(18)15-10/h6-7,17H,2-5,8,14H2,1H3,(H,15,18). The first kappa shape index (κ1) is 13.5. The fourth-order valence-electron chi connectivity index (χ4n) is 2.12. The summed E-state index contributed by atoms with van der Waals surface area (Å²) in [7, 11) is 0. The normalized spacial score (nSPS) is 13.5. The first-order chi connectivity index (χ1) is 9.15. The molecule has 1 amide bonds. The van der Waals surface area contributed by atoms with Crippen LogP contribution in [0, 0.1) is 0 Å². The Morgan fingerprint density at radius 2 is 2.32 bits per heavy atom. The maximum absolute atomic E-state index is 11.3. The van der Waals surface area contributed by atoms with E-state index in [1.54, 1.807) is 6.07 Å². The molecule has 4 N–H and O–H groups in total. The van der Waals surface area contributed by atoms with Gasteiger partial charge in [0.1, 0.15) is 5.75 Å². The molecule has 6 heteroatoms. The van der Waals surface area contributed by atoms with E-state index < -0.39 is 0 Å². The van der Waals surface area contributed by atoms with Crippen molar-refractivity contribution in [2.45, 2.75) is 13.3 Å². The number of fused-ring (bicyclic) bond motifs is 1. The SMILES string of the molecule is CCN(CCCO)c1cc2c(cc1N)OCC(=O)N2. The first-order valence-corrected chi connectivity index (χ1v) is 6.37. The quantitative estimate of drug-likeness (QED) is 0.686. The molecule has 0 aromatic heterocycles. The summed E-state index contributed by atoms with van der Waals surface area (Å²) in [6.45, 7) is 3.67. The number of aliphatic hydroxyl groups is 1. The van der Waals surface area contributed by atoms with Crippen LogP contribution < -0.4 is 20.7 Å². The highest BCUT2D eigenvalue weighted by molar-refractivity contribution is 5.97. The molecule has 0 unspecified atom stereocenters. The number of aliphatic hydroxyl groups excluding tert-OH is 1. The Balaban J connectivity index is 2.29. The van der Waals surface area contributed by atoms with E-state index in [0.29, 0.717) is 30.1 Å². The third-order valence-corrected chi connectivity index (χ3v) is 3.07. The Hall–Kier alpha value is -1.95. The topological polar surface area (TPSA) is 87.8 Å². The predicted molar refractivity (Wildman–Crippen MR) is 74.6 cm³/mol. The molecule has 1 aromatic carbocycles. The van der Waals surface area contributed by atoms with E-state index >= 15 is 0 Å². The monoisotopic (exact) mass is 265 g/mol. The summed E-state index contributed by atoms with van der Waals surface area (Å²) < 4.78 is 5.32. The molecule has 19 heavy (non-hydrogen) atoms. The molecule has 1 heterocycles. The fraction of sp³-hybridized carbons (Fsp3) is 0.462. The maximum Gasteiger partial charge on any atom is 0.262 e. The molecule has 1 aliphatic rings. The maximum atomic E-state index is 11.3. The van der Waals surface area contributed by atoms with E-state index in [-0.39, 0.29) is 19.1 Å². The van der Waals surface area contributed by atoms with E-state index in [2.05, 4.69) is 10.2 Å². The van der Waals surface area contributed by atoms with Crippen molar-refractivity contribution >= 4 is 23.0 Å². The van der Waals surface area contributed by atoms with Crippen LogP contribution in [0.25, 0.3) is 0 Å². The van der Waals surface area contributed by atoms with Gasteiger partial charge in [-0.1, -0.05) is 0 Å². The van der Waals surface area contributed by atoms with Crippen LogP contribution in [-0.4, -0.2) is 37.3 Å². The highest BCUT2D eigenvalue weighted by Crippen LogP contribution is 2.36. The van der Waals surface area contributed by atoms with Gasteiger partial charge in [0.2, 0.25) is 0 Å². The van der Waals surface area contributed by atoms with Gasteiger partial charge in [-0.2, -0.15) is 0 Å². The predicted octanol–water partition coefficient (Wildman–Crippen LogP) is 0.808. The van der Waals surface area contributed by atoms with Crippen molar-refractivity contribution in [3.8, 4) is 5.75 Å². The smallest absolute Gasteiger partial charge is 0.262 e. The lowest BCUT2D eigenvalue weighted by Crippen LogP contribution is -2.28. The molecule has 6 nitrogen and oxygen atoms in total. The van der Waals surface area contributed by atoms with Crippen molar-refractivity contribution in [2.24, 2.45) is 0 Å². The minimum atomic E-state index is -0.165. The minimum absolute atomic E-state index is 0.0216. The molecule has 0 saturated carbocycles. The van der Waals surface area contributed by atoms with E-state index in [4.69, 9.17) is 15.6 Å². The van der Waals surface area contributed by atoms with Crippen LogP contribution in [0.3, 0.4) is 0 Å². The lowest BCUT2D eigenvalue weighted by molar-refractivity contribution is -0.118. The number of rotatable bonds is 5. The van der Waals surface area contributed by atoms with E-state index in [1.807, 2.05) is 13.0 Å². The summed E-state index contributed by atoms with van der Waals surface area (Å²) in [5.74, 6) is 0.431. The lowest BCUT2D eigenvalue weighted by Gasteiger charge is -2.27. The van der Waals surface area contributed by atoms with Crippen LogP contribution >= 0.6 is 0 Å². The molecule has 0 atom stereocenters. The summed E-state index contributed by atoms with van der Waals surface area (Å²) in [6.07, 6.45) is 0.674.